The third kappa shape index (κ3) is 3.50. The van der Waals surface area contributed by atoms with E-state index >= 15 is 0 Å². The predicted molar refractivity (Wildman–Crippen MR) is 99.0 cm³/mol. The standard InChI is InChI=1S/C17H21ClN6O2/c1-5-13-8-11(3)24(22-13)14-15(18)21-17-19-6-7-23(17)16(14)20-10(2)9-26-12(4)25/h6-8,10,20H,5,9H2,1-4H3. The number of esters is 1. The van der Waals surface area contributed by atoms with Crippen molar-refractivity contribution in [2.75, 3.05) is 11.9 Å². The Hall–Kier alpha value is -2.61. The molecule has 0 fully saturated rings. The summed E-state index contributed by atoms with van der Waals surface area (Å²) in [5.74, 6) is 0.836. The Morgan fingerprint density at radius 3 is 2.88 bits per heavy atom. The summed E-state index contributed by atoms with van der Waals surface area (Å²) in [6, 6.07) is 1.86. The molecule has 3 aromatic rings. The van der Waals surface area contributed by atoms with Gasteiger partial charge in [0.2, 0.25) is 5.78 Å². The number of rotatable bonds is 6. The maximum Gasteiger partial charge on any atom is 0.302 e. The summed E-state index contributed by atoms with van der Waals surface area (Å²) in [7, 11) is 0. The van der Waals surface area contributed by atoms with E-state index in [0.29, 0.717) is 22.4 Å². The van der Waals surface area contributed by atoms with E-state index < -0.39 is 0 Å². The number of nitrogens with zero attached hydrogens (tertiary/aromatic N) is 5. The third-order valence-electron chi connectivity index (χ3n) is 3.91. The molecule has 0 aliphatic carbocycles. The summed E-state index contributed by atoms with van der Waals surface area (Å²) in [6.45, 7) is 7.54. The van der Waals surface area contributed by atoms with E-state index in [1.54, 1.807) is 21.5 Å². The fourth-order valence-corrected chi connectivity index (χ4v) is 2.93. The molecule has 3 rings (SSSR count). The molecule has 8 nitrogen and oxygen atoms in total. The van der Waals surface area contributed by atoms with E-state index in [1.165, 1.54) is 6.92 Å². The van der Waals surface area contributed by atoms with Crippen molar-refractivity contribution in [2.45, 2.75) is 40.2 Å². The highest BCUT2D eigenvalue weighted by Gasteiger charge is 2.20. The first kappa shape index (κ1) is 18.2. The SMILES string of the molecule is CCc1cc(C)n(-c2c(Cl)nc3nccn3c2NC(C)COC(C)=O)n1. The van der Waals surface area contributed by atoms with Crippen molar-refractivity contribution in [3.8, 4) is 5.69 Å². The van der Waals surface area contributed by atoms with Crippen molar-refractivity contribution in [3.05, 3.63) is 35.0 Å². The Morgan fingerprint density at radius 2 is 2.23 bits per heavy atom. The second-order valence-corrected chi connectivity index (χ2v) is 6.45. The Kier molecular flexibility index (Phi) is 5.13. The summed E-state index contributed by atoms with van der Waals surface area (Å²) in [5, 5.41) is 8.27. The quantitative estimate of drug-likeness (QED) is 0.526. The molecule has 0 aromatic carbocycles. The summed E-state index contributed by atoms with van der Waals surface area (Å²) in [4.78, 5) is 19.7. The minimum absolute atomic E-state index is 0.150. The maximum atomic E-state index is 11.1. The molecule has 1 atom stereocenters. The molecule has 9 heteroatoms. The van der Waals surface area contributed by atoms with Crippen LogP contribution in [0.1, 0.15) is 32.2 Å². The largest absolute Gasteiger partial charge is 0.464 e. The van der Waals surface area contributed by atoms with Crippen LogP contribution >= 0.6 is 11.6 Å². The van der Waals surface area contributed by atoms with E-state index in [-0.39, 0.29) is 18.6 Å². The molecule has 3 aromatic heterocycles. The molecular formula is C17H21ClN6O2. The highest BCUT2D eigenvalue weighted by atomic mass is 35.5. The molecule has 0 spiro atoms. The fourth-order valence-electron chi connectivity index (χ4n) is 2.69. The lowest BCUT2D eigenvalue weighted by Crippen LogP contribution is -2.25. The van der Waals surface area contributed by atoms with Crippen molar-refractivity contribution in [3.63, 3.8) is 0 Å². The maximum absolute atomic E-state index is 11.1. The summed E-state index contributed by atoms with van der Waals surface area (Å²) in [6.07, 6.45) is 4.26. The molecule has 0 aliphatic rings. The van der Waals surface area contributed by atoms with E-state index in [2.05, 4.69) is 20.4 Å². The second-order valence-electron chi connectivity index (χ2n) is 6.09. The van der Waals surface area contributed by atoms with Gasteiger partial charge in [-0.25, -0.2) is 9.67 Å². The lowest BCUT2D eigenvalue weighted by molar-refractivity contribution is -0.141. The molecule has 0 radical (unpaired) electrons. The monoisotopic (exact) mass is 376 g/mol. The number of nitrogens with one attached hydrogen (secondary N) is 1. The van der Waals surface area contributed by atoms with Crippen molar-refractivity contribution in [1.82, 2.24) is 24.1 Å². The predicted octanol–water partition coefficient (Wildman–Crippen LogP) is 2.80. The number of ether oxygens (including phenoxy) is 1. The topological polar surface area (TPSA) is 86.3 Å². The first-order chi connectivity index (χ1) is 12.4. The fraction of sp³-hybridized carbons (Fsp3) is 0.412. The molecule has 0 saturated heterocycles. The first-order valence-corrected chi connectivity index (χ1v) is 8.76. The average molecular weight is 377 g/mol. The number of halogens is 1. The molecule has 3 heterocycles. The number of aromatic nitrogens is 5. The minimum atomic E-state index is -0.324. The summed E-state index contributed by atoms with van der Waals surface area (Å²) >= 11 is 6.48. The van der Waals surface area contributed by atoms with Crippen LogP contribution < -0.4 is 5.32 Å². The molecule has 26 heavy (non-hydrogen) atoms. The van der Waals surface area contributed by atoms with Crippen molar-refractivity contribution in [2.24, 2.45) is 0 Å². The van der Waals surface area contributed by atoms with Gasteiger partial charge in [0.25, 0.3) is 0 Å². The zero-order valence-corrected chi connectivity index (χ0v) is 15.9. The van der Waals surface area contributed by atoms with E-state index in [4.69, 9.17) is 16.3 Å². The van der Waals surface area contributed by atoms with Gasteiger partial charge in [-0.15, -0.1) is 0 Å². The third-order valence-corrected chi connectivity index (χ3v) is 4.18. The van der Waals surface area contributed by atoms with E-state index in [0.717, 1.165) is 17.8 Å². The van der Waals surface area contributed by atoms with Gasteiger partial charge in [-0.2, -0.15) is 10.1 Å². The first-order valence-electron chi connectivity index (χ1n) is 8.39. The van der Waals surface area contributed by atoms with Crippen molar-refractivity contribution >= 4 is 29.2 Å². The highest BCUT2D eigenvalue weighted by Crippen LogP contribution is 2.29. The summed E-state index contributed by atoms with van der Waals surface area (Å²) < 4.78 is 8.67. The lowest BCUT2D eigenvalue weighted by Gasteiger charge is -2.20. The van der Waals surface area contributed by atoms with Crippen LogP contribution in [-0.2, 0) is 16.0 Å². The van der Waals surface area contributed by atoms with Crippen LogP contribution in [-0.4, -0.2) is 42.8 Å². The Labute approximate surface area is 156 Å². The molecule has 0 saturated carbocycles. The molecule has 0 amide bonds. The van der Waals surface area contributed by atoms with Crippen molar-refractivity contribution < 1.29 is 9.53 Å². The molecule has 1 N–H and O–H groups in total. The second kappa shape index (κ2) is 7.33. The Bertz CT molecular complexity index is 948. The molecular weight excluding hydrogens is 356 g/mol. The zero-order valence-electron chi connectivity index (χ0n) is 15.2. The number of hydrogen-bond donors (Lipinski definition) is 1. The Morgan fingerprint density at radius 1 is 1.46 bits per heavy atom. The van der Waals surface area contributed by atoms with Gasteiger partial charge in [0, 0.05) is 25.0 Å². The van der Waals surface area contributed by atoms with Crippen LogP contribution in [0.5, 0.6) is 0 Å². The average Bonchev–Trinajstić information content (AvgIpc) is 3.19. The summed E-state index contributed by atoms with van der Waals surface area (Å²) in [5.41, 5.74) is 2.54. The number of imidazole rings is 1. The molecule has 138 valence electrons. The number of anilines is 1. The van der Waals surface area contributed by atoms with Crippen molar-refractivity contribution in [1.29, 1.82) is 0 Å². The lowest BCUT2D eigenvalue weighted by atomic mass is 10.3. The molecule has 1 unspecified atom stereocenters. The highest BCUT2D eigenvalue weighted by molar-refractivity contribution is 6.31. The van der Waals surface area contributed by atoms with Gasteiger partial charge in [-0.3, -0.25) is 9.20 Å². The number of carbonyl (C=O) groups excluding carboxylic acids is 1. The van der Waals surface area contributed by atoms with Gasteiger partial charge in [0.1, 0.15) is 18.1 Å². The van der Waals surface area contributed by atoms with Gasteiger partial charge < -0.3 is 10.1 Å². The van der Waals surface area contributed by atoms with Crippen LogP contribution in [0.2, 0.25) is 5.15 Å². The van der Waals surface area contributed by atoms with Gasteiger partial charge >= 0.3 is 5.97 Å². The van der Waals surface area contributed by atoms with E-state index in [9.17, 15) is 4.79 Å². The number of hydrogen-bond acceptors (Lipinski definition) is 6. The van der Waals surface area contributed by atoms with Gasteiger partial charge in [-0.1, -0.05) is 18.5 Å². The normalized spacial score (nSPS) is 12.3. The minimum Gasteiger partial charge on any atom is -0.464 e. The molecule has 0 bridgehead atoms. The van der Waals surface area contributed by atoms with Gasteiger partial charge in [-0.05, 0) is 26.3 Å². The van der Waals surface area contributed by atoms with Gasteiger partial charge in [0.15, 0.2) is 5.15 Å². The number of carbonyl (C=O) groups is 1. The van der Waals surface area contributed by atoms with Crippen LogP contribution in [0.15, 0.2) is 18.5 Å². The Balaban J connectivity index is 2.10. The van der Waals surface area contributed by atoms with E-state index in [1.807, 2.05) is 26.8 Å². The van der Waals surface area contributed by atoms with Gasteiger partial charge in [0.05, 0.1) is 11.7 Å². The molecule has 0 aliphatic heterocycles. The van der Waals surface area contributed by atoms with Crippen LogP contribution in [0.25, 0.3) is 11.5 Å². The number of aryl methyl sites for hydroxylation is 2. The smallest absolute Gasteiger partial charge is 0.302 e. The number of fused-ring (bicyclic) bond motifs is 1. The van der Waals surface area contributed by atoms with Crippen LogP contribution in [0, 0.1) is 6.92 Å². The zero-order chi connectivity index (χ0) is 18.8. The van der Waals surface area contributed by atoms with Crippen LogP contribution in [0.4, 0.5) is 5.82 Å². The van der Waals surface area contributed by atoms with Crippen LogP contribution in [0.3, 0.4) is 0 Å².